The molecule has 0 radical (unpaired) electrons. The second-order valence-corrected chi connectivity index (χ2v) is 4.66. The molecule has 0 aliphatic carbocycles. The van der Waals surface area contributed by atoms with Crippen LogP contribution in [0.25, 0.3) is 0 Å². The van der Waals surface area contributed by atoms with Crippen LogP contribution in [-0.4, -0.2) is 4.98 Å². The summed E-state index contributed by atoms with van der Waals surface area (Å²) in [5.41, 5.74) is 2.34. The molecule has 88 valence electrons. The second kappa shape index (κ2) is 5.27. The molecule has 0 amide bonds. The van der Waals surface area contributed by atoms with E-state index in [-0.39, 0.29) is 5.82 Å². The second-order valence-electron chi connectivity index (χ2n) is 3.75. The zero-order chi connectivity index (χ0) is 12.3. The summed E-state index contributed by atoms with van der Waals surface area (Å²) in [5.74, 6) is -0.271. The number of nitrogens with one attached hydrogen (secondary N) is 1. The minimum absolute atomic E-state index is 0.271. The maximum Gasteiger partial charge on any atom is 0.147 e. The van der Waals surface area contributed by atoms with E-state index in [9.17, 15) is 4.39 Å². The van der Waals surface area contributed by atoms with Crippen molar-refractivity contribution in [3.8, 4) is 0 Å². The van der Waals surface area contributed by atoms with Crippen LogP contribution in [0.5, 0.6) is 0 Å². The van der Waals surface area contributed by atoms with Crippen LogP contribution in [0.1, 0.15) is 11.4 Å². The van der Waals surface area contributed by atoms with Gasteiger partial charge in [-0.05, 0) is 37.3 Å². The van der Waals surface area contributed by atoms with Crippen LogP contribution in [0.3, 0.4) is 0 Å². The van der Waals surface area contributed by atoms with Gasteiger partial charge < -0.3 is 5.32 Å². The molecule has 0 saturated heterocycles. The smallest absolute Gasteiger partial charge is 0.147 e. The zero-order valence-electron chi connectivity index (χ0n) is 9.37. The first kappa shape index (κ1) is 12.0. The molecule has 0 saturated carbocycles. The predicted octanol–water partition coefficient (Wildman–Crippen LogP) is 3.90. The van der Waals surface area contributed by atoms with Gasteiger partial charge in [0.2, 0.25) is 0 Å². The van der Waals surface area contributed by atoms with Gasteiger partial charge in [0.25, 0.3) is 0 Å². The van der Waals surface area contributed by atoms with Crippen LogP contribution in [0, 0.1) is 12.7 Å². The Morgan fingerprint density at radius 3 is 2.82 bits per heavy atom. The lowest BCUT2D eigenvalue weighted by Gasteiger charge is -2.07. The molecule has 2 nitrogen and oxygen atoms in total. The molecule has 0 bridgehead atoms. The fourth-order valence-corrected chi connectivity index (χ4v) is 1.85. The zero-order valence-corrected chi connectivity index (χ0v) is 11.0. The number of hydrogen-bond acceptors (Lipinski definition) is 2. The summed E-state index contributed by atoms with van der Waals surface area (Å²) in [4.78, 5) is 4.34. The lowest BCUT2D eigenvalue weighted by atomic mass is 10.2. The van der Waals surface area contributed by atoms with Gasteiger partial charge in [0, 0.05) is 10.2 Å². The first-order valence-corrected chi connectivity index (χ1v) is 6.06. The lowest BCUT2D eigenvalue weighted by molar-refractivity contribution is 0.629. The highest BCUT2D eigenvalue weighted by Crippen LogP contribution is 2.19. The highest BCUT2D eigenvalue weighted by molar-refractivity contribution is 9.10. The van der Waals surface area contributed by atoms with Crippen molar-refractivity contribution in [2.45, 2.75) is 13.5 Å². The van der Waals surface area contributed by atoms with E-state index in [1.165, 1.54) is 6.07 Å². The van der Waals surface area contributed by atoms with E-state index in [2.05, 4.69) is 26.2 Å². The number of aryl methyl sites for hydroxylation is 1. The van der Waals surface area contributed by atoms with Gasteiger partial charge in [-0.3, -0.25) is 4.98 Å². The van der Waals surface area contributed by atoms with Crippen LogP contribution in [0.4, 0.5) is 10.1 Å². The van der Waals surface area contributed by atoms with Crippen LogP contribution in [-0.2, 0) is 6.54 Å². The number of benzene rings is 1. The SMILES string of the molecule is Cc1cccc(CNc2ccc(Br)cc2F)n1. The Labute approximate surface area is 108 Å². The molecule has 2 aromatic rings. The number of anilines is 1. The highest BCUT2D eigenvalue weighted by atomic mass is 79.9. The molecular weight excluding hydrogens is 283 g/mol. The van der Waals surface area contributed by atoms with E-state index in [0.29, 0.717) is 12.2 Å². The standard InChI is InChI=1S/C13H12BrFN2/c1-9-3-2-4-11(17-9)8-16-13-6-5-10(14)7-12(13)15/h2-7,16H,8H2,1H3. The van der Waals surface area contributed by atoms with E-state index >= 15 is 0 Å². The Kier molecular flexibility index (Phi) is 3.74. The van der Waals surface area contributed by atoms with Crippen LogP contribution in [0.2, 0.25) is 0 Å². The molecule has 4 heteroatoms. The number of hydrogen-bond donors (Lipinski definition) is 1. The molecule has 0 aliphatic rings. The average molecular weight is 295 g/mol. The molecule has 1 N–H and O–H groups in total. The van der Waals surface area contributed by atoms with E-state index < -0.39 is 0 Å². The molecule has 0 atom stereocenters. The third-order valence-electron chi connectivity index (χ3n) is 2.34. The molecule has 0 aliphatic heterocycles. The van der Waals surface area contributed by atoms with Crippen molar-refractivity contribution in [3.63, 3.8) is 0 Å². The highest BCUT2D eigenvalue weighted by Gasteiger charge is 2.02. The molecule has 17 heavy (non-hydrogen) atoms. The molecular formula is C13H12BrFN2. The van der Waals surface area contributed by atoms with Gasteiger partial charge in [0.1, 0.15) is 5.82 Å². The Hall–Kier alpha value is -1.42. The third-order valence-corrected chi connectivity index (χ3v) is 2.83. The fraction of sp³-hybridized carbons (Fsp3) is 0.154. The summed E-state index contributed by atoms with van der Waals surface area (Å²) in [7, 11) is 0. The van der Waals surface area contributed by atoms with Gasteiger partial charge in [0.15, 0.2) is 0 Å². The van der Waals surface area contributed by atoms with Crippen molar-refractivity contribution in [1.82, 2.24) is 4.98 Å². The van der Waals surface area contributed by atoms with Crippen molar-refractivity contribution >= 4 is 21.6 Å². The van der Waals surface area contributed by atoms with Crippen LogP contribution >= 0.6 is 15.9 Å². The Morgan fingerprint density at radius 1 is 1.29 bits per heavy atom. The number of nitrogens with zero attached hydrogens (tertiary/aromatic N) is 1. The van der Waals surface area contributed by atoms with Crippen molar-refractivity contribution in [1.29, 1.82) is 0 Å². The summed E-state index contributed by atoms with van der Waals surface area (Å²) in [6.07, 6.45) is 0. The molecule has 0 fully saturated rings. The van der Waals surface area contributed by atoms with Gasteiger partial charge in [-0.15, -0.1) is 0 Å². The van der Waals surface area contributed by atoms with E-state index in [4.69, 9.17) is 0 Å². The monoisotopic (exact) mass is 294 g/mol. The lowest BCUT2D eigenvalue weighted by Crippen LogP contribution is -2.03. The maximum atomic E-state index is 13.5. The van der Waals surface area contributed by atoms with Crippen molar-refractivity contribution in [2.24, 2.45) is 0 Å². The minimum Gasteiger partial charge on any atom is -0.377 e. The molecule has 0 spiro atoms. The predicted molar refractivity (Wildman–Crippen MR) is 70.4 cm³/mol. The fourth-order valence-electron chi connectivity index (χ4n) is 1.52. The summed E-state index contributed by atoms with van der Waals surface area (Å²) < 4.78 is 14.3. The Morgan fingerprint density at radius 2 is 2.12 bits per heavy atom. The van der Waals surface area contributed by atoms with E-state index in [1.807, 2.05) is 25.1 Å². The Bertz CT molecular complexity index is 529. The van der Waals surface area contributed by atoms with E-state index in [0.717, 1.165) is 15.9 Å². The molecule has 0 unspecified atom stereocenters. The maximum absolute atomic E-state index is 13.5. The van der Waals surface area contributed by atoms with Crippen LogP contribution in [0.15, 0.2) is 40.9 Å². The minimum atomic E-state index is -0.271. The van der Waals surface area contributed by atoms with Crippen molar-refractivity contribution < 1.29 is 4.39 Å². The van der Waals surface area contributed by atoms with Gasteiger partial charge in [-0.1, -0.05) is 22.0 Å². The number of pyridine rings is 1. The van der Waals surface area contributed by atoms with Gasteiger partial charge in [0.05, 0.1) is 17.9 Å². The normalized spacial score (nSPS) is 10.3. The average Bonchev–Trinajstić information content (AvgIpc) is 2.28. The topological polar surface area (TPSA) is 24.9 Å². The first-order valence-electron chi connectivity index (χ1n) is 5.26. The quantitative estimate of drug-likeness (QED) is 0.928. The van der Waals surface area contributed by atoms with Gasteiger partial charge in [-0.2, -0.15) is 0 Å². The number of rotatable bonds is 3. The molecule has 2 rings (SSSR count). The third kappa shape index (κ3) is 3.27. The Balaban J connectivity index is 2.07. The summed E-state index contributed by atoms with van der Waals surface area (Å²) in [6, 6.07) is 10.7. The van der Waals surface area contributed by atoms with Gasteiger partial charge >= 0.3 is 0 Å². The molecule has 1 aromatic carbocycles. The summed E-state index contributed by atoms with van der Waals surface area (Å²) in [6.45, 7) is 2.45. The molecule has 1 heterocycles. The van der Waals surface area contributed by atoms with Crippen LogP contribution < -0.4 is 5.32 Å². The van der Waals surface area contributed by atoms with E-state index in [1.54, 1.807) is 12.1 Å². The molecule has 1 aromatic heterocycles. The van der Waals surface area contributed by atoms with Gasteiger partial charge in [-0.25, -0.2) is 4.39 Å². The summed E-state index contributed by atoms with van der Waals surface area (Å²) in [5, 5.41) is 3.03. The first-order chi connectivity index (χ1) is 8.15. The van der Waals surface area contributed by atoms with Crippen molar-refractivity contribution in [2.75, 3.05) is 5.32 Å². The summed E-state index contributed by atoms with van der Waals surface area (Å²) >= 11 is 3.22. The number of aromatic nitrogens is 1. The number of halogens is 2. The largest absolute Gasteiger partial charge is 0.377 e. The van der Waals surface area contributed by atoms with Crippen molar-refractivity contribution in [3.05, 3.63) is 58.1 Å².